The van der Waals surface area contributed by atoms with Gasteiger partial charge in [-0.25, -0.2) is 0 Å². The van der Waals surface area contributed by atoms with Crippen LogP contribution in [-0.2, 0) is 15.7 Å². The number of halogens is 3. The predicted octanol–water partition coefficient (Wildman–Crippen LogP) is 5.01. The Morgan fingerprint density at radius 1 is 1.14 bits per heavy atom. The highest BCUT2D eigenvalue weighted by Crippen LogP contribution is 2.47. The Morgan fingerprint density at radius 2 is 1.86 bits per heavy atom. The van der Waals surface area contributed by atoms with Crippen molar-refractivity contribution >= 4 is 11.6 Å². The maximum Gasteiger partial charge on any atom is 0.417 e. The van der Waals surface area contributed by atoms with Crippen molar-refractivity contribution in [1.82, 2.24) is 4.90 Å². The van der Waals surface area contributed by atoms with E-state index in [1.54, 1.807) is 12.1 Å². The number of amides is 1. The molecule has 1 atom stereocenters. The van der Waals surface area contributed by atoms with E-state index in [0.717, 1.165) is 38.4 Å². The number of likely N-dealkylation sites (tertiary alicyclic amines) is 1. The number of nitriles is 1. The van der Waals surface area contributed by atoms with E-state index in [0.29, 0.717) is 44.4 Å². The molecule has 3 fully saturated rings. The highest BCUT2D eigenvalue weighted by Gasteiger charge is 2.49. The zero-order valence-corrected chi connectivity index (χ0v) is 19.9. The number of alkyl halides is 3. The van der Waals surface area contributed by atoms with Gasteiger partial charge in [0, 0.05) is 50.3 Å². The van der Waals surface area contributed by atoms with E-state index in [2.05, 4.69) is 12.2 Å². The monoisotopic (exact) mass is 487 g/mol. The van der Waals surface area contributed by atoms with Crippen molar-refractivity contribution in [1.29, 1.82) is 5.26 Å². The molecule has 1 aromatic carbocycles. The van der Waals surface area contributed by atoms with Crippen molar-refractivity contribution < 1.29 is 22.7 Å². The zero-order chi connectivity index (χ0) is 24.6. The van der Waals surface area contributed by atoms with Crippen LogP contribution in [0.3, 0.4) is 0 Å². The molecule has 4 aliphatic rings. The molecule has 1 spiro atoms. The van der Waals surface area contributed by atoms with Gasteiger partial charge in [-0.05, 0) is 68.1 Å². The Balaban J connectivity index is 1.33. The number of carbonyl (C=O) groups excluding carboxylic acids is 1. The van der Waals surface area contributed by atoms with E-state index in [1.165, 1.54) is 18.9 Å². The van der Waals surface area contributed by atoms with E-state index in [4.69, 9.17) is 10.00 Å². The summed E-state index contributed by atoms with van der Waals surface area (Å²) < 4.78 is 46.9. The van der Waals surface area contributed by atoms with E-state index in [1.807, 2.05) is 9.80 Å². The van der Waals surface area contributed by atoms with E-state index < -0.39 is 11.7 Å². The van der Waals surface area contributed by atoms with Gasteiger partial charge in [-0.15, -0.1) is 0 Å². The van der Waals surface area contributed by atoms with Crippen LogP contribution in [0.15, 0.2) is 30.4 Å². The third kappa shape index (κ3) is 5.06. The molecule has 35 heavy (non-hydrogen) atoms. The number of nitrogens with zero attached hydrogens (tertiary/aromatic N) is 3. The summed E-state index contributed by atoms with van der Waals surface area (Å²) in [6.45, 7) is 3.97. The quantitative estimate of drug-likeness (QED) is 0.529. The summed E-state index contributed by atoms with van der Waals surface area (Å²) in [5.74, 6) is 1.12. The third-order valence-electron chi connectivity index (χ3n) is 8.40. The summed E-state index contributed by atoms with van der Waals surface area (Å²) in [7, 11) is 0. The van der Waals surface area contributed by atoms with Crippen molar-refractivity contribution in [3.8, 4) is 6.07 Å². The number of anilines is 1. The van der Waals surface area contributed by atoms with Crippen LogP contribution in [0.5, 0.6) is 0 Å². The summed E-state index contributed by atoms with van der Waals surface area (Å²) in [6.07, 6.45) is 5.27. The molecule has 1 saturated carbocycles. The second-order valence-electron chi connectivity index (χ2n) is 10.7. The van der Waals surface area contributed by atoms with Gasteiger partial charge in [-0.1, -0.05) is 12.2 Å². The zero-order valence-electron chi connectivity index (χ0n) is 19.9. The van der Waals surface area contributed by atoms with E-state index in [-0.39, 0.29) is 28.7 Å². The van der Waals surface area contributed by atoms with Gasteiger partial charge in [-0.2, -0.15) is 18.4 Å². The van der Waals surface area contributed by atoms with Crippen molar-refractivity contribution in [2.75, 3.05) is 44.3 Å². The van der Waals surface area contributed by atoms with Crippen LogP contribution >= 0.6 is 0 Å². The molecule has 2 aliphatic carbocycles. The number of ether oxygens (including phenoxy) is 1. The summed E-state index contributed by atoms with van der Waals surface area (Å²) in [5.41, 5.74) is -0.838. The van der Waals surface area contributed by atoms with Crippen LogP contribution in [0.25, 0.3) is 0 Å². The summed E-state index contributed by atoms with van der Waals surface area (Å²) >= 11 is 0. The first-order valence-electron chi connectivity index (χ1n) is 12.7. The van der Waals surface area contributed by atoms with Gasteiger partial charge >= 0.3 is 6.18 Å². The SMILES string of the molecule is N#Cc1ccc(N2CC(COCC3CC3)C3(CCN(C(=O)C4CC=CC4)CC3)C2)cc1C(F)(F)F. The number of carbonyl (C=O) groups is 1. The molecule has 0 aromatic heterocycles. The van der Waals surface area contributed by atoms with Crippen LogP contribution in [0.2, 0.25) is 0 Å². The minimum Gasteiger partial charge on any atom is -0.381 e. The molecular weight excluding hydrogens is 455 g/mol. The Hall–Kier alpha value is -2.53. The average Bonchev–Trinajstić information content (AvgIpc) is 3.37. The first-order chi connectivity index (χ1) is 16.8. The largest absolute Gasteiger partial charge is 0.417 e. The molecule has 0 radical (unpaired) electrons. The molecule has 8 heteroatoms. The number of benzene rings is 1. The molecular formula is C27H32F3N3O2. The number of rotatable bonds is 6. The molecule has 1 unspecified atom stereocenters. The Morgan fingerprint density at radius 3 is 2.49 bits per heavy atom. The van der Waals surface area contributed by atoms with Crippen LogP contribution in [-0.4, -0.2) is 50.2 Å². The fourth-order valence-corrected chi connectivity index (χ4v) is 6.00. The van der Waals surface area contributed by atoms with Gasteiger partial charge in [-0.3, -0.25) is 4.79 Å². The summed E-state index contributed by atoms with van der Waals surface area (Å²) in [4.78, 5) is 16.9. The lowest BCUT2D eigenvalue weighted by Gasteiger charge is -2.43. The lowest BCUT2D eigenvalue weighted by molar-refractivity contribution is -0.138. The van der Waals surface area contributed by atoms with Crippen LogP contribution in [0, 0.1) is 34.5 Å². The summed E-state index contributed by atoms with van der Waals surface area (Å²) in [5, 5.41) is 9.16. The van der Waals surface area contributed by atoms with Gasteiger partial charge in [0.15, 0.2) is 0 Å². The maximum atomic E-state index is 13.6. The molecule has 5 nitrogen and oxygen atoms in total. The van der Waals surface area contributed by atoms with Crippen LogP contribution < -0.4 is 4.90 Å². The maximum absolute atomic E-state index is 13.6. The number of hydrogen-bond donors (Lipinski definition) is 0. The highest BCUT2D eigenvalue weighted by molar-refractivity contribution is 5.79. The first kappa shape index (κ1) is 24.2. The van der Waals surface area contributed by atoms with E-state index >= 15 is 0 Å². The fourth-order valence-electron chi connectivity index (χ4n) is 6.00. The van der Waals surface area contributed by atoms with Crippen LogP contribution in [0.4, 0.5) is 18.9 Å². The number of hydrogen-bond acceptors (Lipinski definition) is 4. The Labute approximate surface area is 204 Å². The van der Waals surface area contributed by atoms with Crippen molar-refractivity contribution in [2.45, 2.75) is 44.7 Å². The minimum absolute atomic E-state index is 0.0567. The molecule has 1 aromatic rings. The summed E-state index contributed by atoms with van der Waals surface area (Å²) in [6, 6.07) is 5.69. The normalized spacial score (nSPS) is 24.3. The van der Waals surface area contributed by atoms with Crippen molar-refractivity contribution in [3.63, 3.8) is 0 Å². The Kier molecular flexibility index (Phi) is 6.56. The van der Waals surface area contributed by atoms with Gasteiger partial charge in [0.05, 0.1) is 23.8 Å². The lowest BCUT2D eigenvalue weighted by Crippen LogP contribution is -2.48. The van der Waals surface area contributed by atoms with Gasteiger partial charge in [0.1, 0.15) is 0 Å². The van der Waals surface area contributed by atoms with E-state index in [9.17, 15) is 18.0 Å². The van der Waals surface area contributed by atoms with Crippen molar-refractivity contribution in [3.05, 3.63) is 41.5 Å². The molecule has 0 bridgehead atoms. The molecule has 5 rings (SSSR count). The molecule has 2 aliphatic heterocycles. The number of allylic oxidation sites excluding steroid dienone is 2. The molecule has 2 heterocycles. The minimum atomic E-state index is -4.58. The second kappa shape index (κ2) is 9.50. The molecule has 2 saturated heterocycles. The third-order valence-corrected chi connectivity index (χ3v) is 8.40. The Bertz CT molecular complexity index is 1010. The fraction of sp³-hybridized carbons (Fsp3) is 0.630. The lowest BCUT2D eigenvalue weighted by atomic mass is 9.71. The predicted molar refractivity (Wildman–Crippen MR) is 126 cm³/mol. The highest BCUT2D eigenvalue weighted by atomic mass is 19.4. The smallest absolute Gasteiger partial charge is 0.381 e. The van der Waals surface area contributed by atoms with Gasteiger partial charge in [0.25, 0.3) is 0 Å². The van der Waals surface area contributed by atoms with Crippen molar-refractivity contribution in [2.24, 2.45) is 23.2 Å². The topological polar surface area (TPSA) is 56.6 Å². The second-order valence-corrected chi connectivity index (χ2v) is 10.7. The standard InChI is InChI=1S/C27H32F3N3O2/c28-27(29,30)24-13-23(8-7-21(24)14-31)33-15-22(17-35-16-19-5-6-19)26(18-33)9-11-32(12-10-26)25(34)20-3-1-2-4-20/h1-2,7-8,13,19-20,22H,3-6,9-12,15-18H2. The molecule has 1 amide bonds. The molecule has 0 N–H and O–H groups in total. The van der Waals surface area contributed by atoms with Crippen LogP contribution in [0.1, 0.15) is 49.7 Å². The molecule has 188 valence electrons. The van der Waals surface area contributed by atoms with Gasteiger partial charge < -0.3 is 14.5 Å². The average molecular weight is 488 g/mol. The first-order valence-corrected chi connectivity index (χ1v) is 12.7. The van der Waals surface area contributed by atoms with Gasteiger partial charge in [0.2, 0.25) is 5.91 Å². The number of piperidine rings is 1.